The average molecular weight is 358 g/mol. The van der Waals surface area contributed by atoms with Gasteiger partial charge in [0, 0.05) is 39.1 Å². The van der Waals surface area contributed by atoms with Crippen LogP contribution < -0.4 is 0 Å². The minimum Gasteiger partial charge on any atom is -0.468 e. The Kier molecular flexibility index (Phi) is 5.14. The lowest BCUT2D eigenvalue weighted by Gasteiger charge is -2.45. The second-order valence-corrected chi connectivity index (χ2v) is 7.46. The van der Waals surface area contributed by atoms with E-state index in [9.17, 15) is 14.4 Å². The number of esters is 1. The van der Waals surface area contributed by atoms with Gasteiger partial charge in [-0.25, -0.2) is 0 Å². The van der Waals surface area contributed by atoms with Gasteiger partial charge in [0.25, 0.3) is 0 Å². The van der Waals surface area contributed by atoms with E-state index in [-0.39, 0.29) is 30.2 Å². The van der Waals surface area contributed by atoms with Crippen molar-refractivity contribution in [3.8, 4) is 0 Å². The lowest BCUT2D eigenvalue weighted by Crippen LogP contribution is -2.61. The van der Waals surface area contributed by atoms with E-state index in [1.54, 1.807) is 14.1 Å². The molecule has 0 radical (unpaired) electrons. The monoisotopic (exact) mass is 358 g/mol. The standard InChI is InChI=1S/C20H26N2O4/c1-21(2)18(24)12-20(19(25)26-3)16-10-9-15(11-17(20)23)22(16)13-14-7-5-4-6-8-14/h4-8,15-16H,9-13H2,1-3H3/t15-,16-,20+/m1/s1. The minimum absolute atomic E-state index is 0.125. The Bertz CT molecular complexity index is 703. The maximum atomic E-state index is 13.0. The van der Waals surface area contributed by atoms with Crippen LogP contribution in [0.25, 0.3) is 0 Å². The third kappa shape index (κ3) is 3.03. The molecule has 0 aliphatic carbocycles. The highest BCUT2D eigenvalue weighted by molar-refractivity contribution is 6.08. The summed E-state index contributed by atoms with van der Waals surface area (Å²) in [6.45, 7) is 0.665. The number of carbonyl (C=O) groups excluding carboxylic acids is 3. The van der Waals surface area contributed by atoms with Crippen LogP contribution in [0.5, 0.6) is 0 Å². The van der Waals surface area contributed by atoms with Crippen LogP contribution in [-0.4, -0.2) is 60.7 Å². The van der Waals surface area contributed by atoms with Gasteiger partial charge in [-0.15, -0.1) is 0 Å². The number of hydrogen-bond donors (Lipinski definition) is 0. The van der Waals surface area contributed by atoms with E-state index < -0.39 is 11.4 Å². The molecule has 1 aromatic carbocycles. The molecule has 26 heavy (non-hydrogen) atoms. The van der Waals surface area contributed by atoms with Gasteiger partial charge in [0.2, 0.25) is 5.91 Å². The Morgan fingerprint density at radius 2 is 1.92 bits per heavy atom. The van der Waals surface area contributed by atoms with Crippen molar-refractivity contribution in [2.75, 3.05) is 21.2 Å². The Morgan fingerprint density at radius 1 is 1.23 bits per heavy atom. The molecular weight excluding hydrogens is 332 g/mol. The molecule has 2 aliphatic heterocycles. The maximum absolute atomic E-state index is 13.0. The lowest BCUT2D eigenvalue weighted by molar-refractivity contribution is -0.170. The molecule has 0 N–H and O–H groups in total. The van der Waals surface area contributed by atoms with E-state index in [2.05, 4.69) is 4.90 Å². The highest BCUT2D eigenvalue weighted by atomic mass is 16.5. The van der Waals surface area contributed by atoms with E-state index >= 15 is 0 Å². The quantitative estimate of drug-likeness (QED) is 0.591. The van der Waals surface area contributed by atoms with Crippen LogP contribution >= 0.6 is 0 Å². The molecule has 2 bridgehead atoms. The molecule has 0 saturated carbocycles. The summed E-state index contributed by atoms with van der Waals surface area (Å²) in [7, 11) is 4.57. The van der Waals surface area contributed by atoms with Crippen molar-refractivity contribution < 1.29 is 19.1 Å². The molecule has 2 heterocycles. The highest BCUT2D eigenvalue weighted by Crippen LogP contribution is 2.48. The summed E-state index contributed by atoms with van der Waals surface area (Å²) in [4.78, 5) is 42.0. The van der Waals surface area contributed by atoms with Crippen molar-refractivity contribution >= 4 is 17.7 Å². The summed E-state index contributed by atoms with van der Waals surface area (Å²) >= 11 is 0. The zero-order chi connectivity index (χ0) is 18.9. The molecule has 0 unspecified atom stereocenters. The maximum Gasteiger partial charge on any atom is 0.321 e. The smallest absolute Gasteiger partial charge is 0.321 e. The fourth-order valence-electron chi connectivity index (χ4n) is 4.42. The lowest BCUT2D eigenvalue weighted by atomic mass is 9.69. The van der Waals surface area contributed by atoms with Gasteiger partial charge in [0.15, 0.2) is 11.2 Å². The van der Waals surface area contributed by atoms with E-state index in [4.69, 9.17) is 4.74 Å². The first-order valence-corrected chi connectivity index (χ1v) is 9.01. The number of ether oxygens (including phenoxy) is 1. The van der Waals surface area contributed by atoms with Crippen molar-refractivity contribution in [1.29, 1.82) is 0 Å². The highest BCUT2D eigenvalue weighted by Gasteiger charge is 2.62. The summed E-state index contributed by atoms with van der Waals surface area (Å²) in [5.41, 5.74) is -0.269. The molecule has 6 heteroatoms. The zero-order valence-electron chi connectivity index (χ0n) is 15.6. The number of piperidine rings is 1. The van der Waals surface area contributed by atoms with Gasteiger partial charge < -0.3 is 9.64 Å². The normalized spacial score (nSPS) is 28.0. The van der Waals surface area contributed by atoms with Gasteiger partial charge in [-0.2, -0.15) is 0 Å². The number of amides is 1. The van der Waals surface area contributed by atoms with Crippen LogP contribution in [0.2, 0.25) is 0 Å². The molecule has 0 spiro atoms. The summed E-state index contributed by atoms with van der Waals surface area (Å²) in [6, 6.07) is 9.84. The van der Waals surface area contributed by atoms with E-state index in [1.807, 2.05) is 30.3 Å². The summed E-state index contributed by atoms with van der Waals surface area (Å²) in [6.07, 6.45) is 1.74. The summed E-state index contributed by atoms with van der Waals surface area (Å²) in [5, 5.41) is 0. The SMILES string of the molecule is COC(=O)[C@]1(CC(=O)N(C)C)C(=O)C[C@H]2CC[C@H]1N2Cc1ccccc1. The number of benzene rings is 1. The van der Waals surface area contributed by atoms with Crippen LogP contribution in [0, 0.1) is 5.41 Å². The van der Waals surface area contributed by atoms with Gasteiger partial charge in [0.05, 0.1) is 13.5 Å². The molecule has 6 nitrogen and oxygen atoms in total. The molecule has 2 fully saturated rings. The van der Waals surface area contributed by atoms with E-state index in [1.165, 1.54) is 12.0 Å². The van der Waals surface area contributed by atoms with Gasteiger partial charge >= 0.3 is 5.97 Å². The number of ketones is 1. The van der Waals surface area contributed by atoms with Gasteiger partial charge in [-0.3, -0.25) is 19.3 Å². The summed E-state index contributed by atoms with van der Waals surface area (Å²) < 4.78 is 5.04. The van der Waals surface area contributed by atoms with Gasteiger partial charge in [0.1, 0.15) is 0 Å². The number of rotatable bonds is 5. The van der Waals surface area contributed by atoms with Gasteiger partial charge in [-0.05, 0) is 18.4 Å². The van der Waals surface area contributed by atoms with Crippen LogP contribution in [0.3, 0.4) is 0 Å². The van der Waals surface area contributed by atoms with Crippen LogP contribution in [-0.2, 0) is 25.7 Å². The molecule has 3 rings (SSSR count). The molecule has 1 amide bonds. The first-order valence-electron chi connectivity index (χ1n) is 9.01. The van der Waals surface area contributed by atoms with E-state index in [0.29, 0.717) is 13.0 Å². The number of nitrogens with zero attached hydrogens (tertiary/aromatic N) is 2. The van der Waals surface area contributed by atoms with Crippen LogP contribution in [0.4, 0.5) is 0 Å². The second-order valence-electron chi connectivity index (χ2n) is 7.46. The number of fused-ring (bicyclic) bond motifs is 2. The van der Waals surface area contributed by atoms with Crippen LogP contribution in [0.1, 0.15) is 31.2 Å². The first kappa shape index (κ1) is 18.6. The average Bonchev–Trinajstić information content (AvgIpc) is 2.94. The number of carbonyl (C=O) groups is 3. The Balaban J connectivity index is 1.97. The zero-order valence-corrected chi connectivity index (χ0v) is 15.6. The third-order valence-corrected chi connectivity index (χ3v) is 5.82. The largest absolute Gasteiger partial charge is 0.468 e. The second kappa shape index (κ2) is 7.19. The molecule has 2 saturated heterocycles. The van der Waals surface area contributed by atoms with Crippen molar-refractivity contribution in [2.45, 2.75) is 44.3 Å². The molecule has 2 aliphatic rings. The fourth-order valence-corrected chi connectivity index (χ4v) is 4.42. The van der Waals surface area contributed by atoms with Crippen molar-refractivity contribution in [3.63, 3.8) is 0 Å². The fraction of sp³-hybridized carbons (Fsp3) is 0.550. The third-order valence-electron chi connectivity index (χ3n) is 5.82. The van der Waals surface area contributed by atoms with E-state index in [0.717, 1.165) is 18.4 Å². The Labute approximate surface area is 154 Å². The minimum atomic E-state index is -1.40. The predicted octanol–water partition coefficient (Wildman–Crippen LogP) is 1.63. The molecule has 0 aromatic heterocycles. The topological polar surface area (TPSA) is 66.9 Å². The van der Waals surface area contributed by atoms with Crippen LogP contribution in [0.15, 0.2) is 30.3 Å². The predicted molar refractivity (Wildman–Crippen MR) is 96.2 cm³/mol. The molecule has 140 valence electrons. The first-order chi connectivity index (χ1) is 12.4. The number of methoxy groups -OCH3 is 1. The van der Waals surface area contributed by atoms with Crippen molar-refractivity contribution in [3.05, 3.63) is 35.9 Å². The Morgan fingerprint density at radius 3 is 2.54 bits per heavy atom. The van der Waals surface area contributed by atoms with Crippen molar-refractivity contribution in [1.82, 2.24) is 9.80 Å². The summed E-state index contributed by atoms with van der Waals surface area (Å²) in [5.74, 6) is -0.966. The van der Waals surface area contributed by atoms with Crippen molar-refractivity contribution in [2.24, 2.45) is 5.41 Å². The number of hydrogen-bond acceptors (Lipinski definition) is 5. The number of Topliss-reactive ketones (excluding diaryl/α,β-unsaturated/α-hetero) is 1. The Hall–Kier alpha value is -2.21. The molecular formula is C20H26N2O4. The molecule has 1 aromatic rings. The van der Waals surface area contributed by atoms with Gasteiger partial charge in [-0.1, -0.05) is 30.3 Å². The molecule has 3 atom stereocenters.